The van der Waals surface area contributed by atoms with Crippen molar-refractivity contribution in [2.75, 3.05) is 0 Å². The maximum absolute atomic E-state index is 4.00. The number of aryl methyl sites for hydroxylation is 3. The van der Waals surface area contributed by atoms with E-state index in [4.69, 9.17) is 0 Å². The van der Waals surface area contributed by atoms with Crippen molar-refractivity contribution in [3.8, 4) is 0 Å². The number of rotatable bonds is 6. The van der Waals surface area contributed by atoms with Crippen LogP contribution < -0.4 is 0 Å². The standard InChI is InChI=1S/C15H22N4/c1-4-12(2)14-10-8-13(9-11-14)6-5-7-15-16-17-18-19(15)3/h8-12H,4-7H2,1-3H3. The molecule has 0 amide bonds. The molecule has 102 valence electrons. The molecule has 0 radical (unpaired) electrons. The summed E-state index contributed by atoms with van der Waals surface area (Å²) in [7, 11) is 1.89. The van der Waals surface area contributed by atoms with Gasteiger partial charge in [0.05, 0.1) is 0 Å². The van der Waals surface area contributed by atoms with Crippen molar-refractivity contribution < 1.29 is 0 Å². The van der Waals surface area contributed by atoms with Crippen molar-refractivity contribution in [2.24, 2.45) is 7.05 Å². The van der Waals surface area contributed by atoms with E-state index >= 15 is 0 Å². The summed E-state index contributed by atoms with van der Waals surface area (Å²) in [5.74, 6) is 1.61. The molecule has 0 N–H and O–H groups in total. The van der Waals surface area contributed by atoms with Gasteiger partial charge in [-0.1, -0.05) is 38.1 Å². The smallest absolute Gasteiger partial charge is 0.150 e. The summed E-state index contributed by atoms with van der Waals surface area (Å²) >= 11 is 0. The van der Waals surface area contributed by atoms with Gasteiger partial charge in [-0.2, -0.15) is 0 Å². The molecule has 2 aromatic rings. The molecule has 4 nitrogen and oxygen atoms in total. The first kappa shape index (κ1) is 13.7. The van der Waals surface area contributed by atoms with Gasteiger partial charge in [0.25, 0.3) is 0 Å². The number of hydrogen-bond donors (Lipinski definition) is 0. The number of benzene rings is 1. The van der Waals surface area contributed by atoms with Crippen LogP contribution >= 0.6 is 0 Å². The summed E-state index contributed by atoms with van der Waals surface area (Å²) in [5.41, 5.74) is 2.82. The minimum atomic E-state index is 0.652. The highest BCUT2D eigenvalue weighted by Gasteiger charge is 2.04. The first-order valence-corrected chi connectivity index (χ1v) is 7.00. The number of aromatic nitrogens is 4. The Morgan fingerprint density at radius 2 is 1.89 bits per heavy atom. The molecular weight excluding hydrogens is 236 g/mol. The summed E-state index contributed by atoms with van der Waals surface area (Å²) < 4.78 is 1.74. The van der Waals surface area contributed by atoms with Crippen molar-refractivity contribution in [1.82, 2.24) is 20.2 Å². The van der Waals surface area contributed by atoms with E-state index in [1.54, 1.807) is 4.68 Å². The topological polar surface area (TPSA) is 43.6 Å². The van der Waals surface area contributed by atoms with Gasteiger partial charge >= 0.3 is 0 Å². The van der Waals surface area contributed by atoms with Crippen LogP contribution in [0.25, 0.3) is 0 Å². The van der Waals surface area contributed by atoms with Crippen LogP contribution in [0.4, 0.5) is 0 Å². The van der Waals surface area contributed by atoms with Crippen LogP contribution in [0.5, 0.6) is 0 Å². The highest BCUT2D eigenvalue weighted by molar-refractivity contribution is 5.25. The maximum atomic E-state index is 4.00. The average Bonchev–Trinajstić information content (AvgIpc) is 2.84. The fraction of sp³-hybridized carbons (Fsp3) is 0.533. The van der Waals surface area contributed by atoms with E-state index in [1.165, 1.54) is 17.5 Å². The van der Waals surface area contributed by atoms with E-state index in [-0.39, 0.29) is 0 Å². The third kappa shape index (κ3) is 3.63. The van der Waals surface area contributed by atoms with Crippen LogP contribution in [0.3, 0.4) is 0 Å². The third-order valence-electron chi connectivity index (χ3n) is 3.73. The lowest BCUT2D eigenvalue weighted by molar-refractivity contribution is 0.658. The molecular formula is C15H22N4. The average molecular weight is 258 g/mol. The van der Waals surface area contributed by atoms with E-state index in [0.29, 0.717) is 5.92 Å². The molecule has 0 aliphatic carbocycles. The van der Waals surface area contributed by atoms with Crippen LogP contribution in [-0.2, 0) is 19.9 Å². The highest BCUT2D eigenvalue weighted by Crippen LogP contribution is 2.19. The van der Waals surface area contributed by atoms with Gasteiger partial charge in [-0.05, 0) is 46.7 Å². The molecule has 4 heteroatoms. The zero-order valence-corrected chi connectivity index (χ0v) is 12.0. The van der Waals surface area contributed by atoms with Gasteiger partial charge in [-0.15, -0.1) is 5.10 Å². The van der Waals surface area contributed by atoms with Gasteiger partial charge in [0.15, 0.2) is 5.82 Å². The Morgan fingerprint density at radius 1 is 1.16 bits per heavy atom. The van der Waals surface area contributed by atoms with Crippen LogP contribution in [-0.4, -0.2) is 20.2 Å². The Bertz CT molecular complexity index is 501. The normalized spacial score (nSPS) is 12.6. The van der Waals surface area contributed by atoms with E-state index in [1.807, 2.05) is 7.05 Å². The van der Waals surface area contributed by atoms with Crippen molar-refractivity contribution in [3.63, 3.8) is 0 Å². The van der Waals surface area contributed by atoms with Crippen molar-refractivity contribution in [3.05, 3.63) is 41.2 Å². The number of nitrogens with zero attached hydrogens (tertiary/aromatic N) is 4. The van der Waals surface area contributed by atoms with Gasteiger partial charge < -0.3 is 0 Å². The first-order chi connectivity index (χ1) is 9.20. The molecule has 1 aromatic heterocycles. The summed E-state index contributed by atoms with van der Waals surface area (Å²) in [6.45, 7) is 4.50. The molecule has 1 unspecified atom stereocenters. The summed E-state index contributed by atoms with van der Waals surface area (Å²) in [5, 5.41) is 11.5. The zero-order valence-electron chi connectivity index (χ0n) is 12.0. The molecule has 0 fully saturated rings. The van der Waals surface area contributed by atoms with Gasteiger partial charge in [0, 0.05) is 13.5 Å². The molecule has 0 bridgehead atoms. The fourth-order valence-electron chi connectivity index (χ4n) is 2.16. The van der Waals surface area contributed by atoms with Crippen LogP contribution in [0.2, 0.25) is 0 Å². The van der Waals surface area contributed by atoms with E-state index in [9.17, 15) is 0 Å². The van der Waals surface area contributed by atoms with Gasteiger partial charge in [0.1, 0.15) is 0 Å². The predicted octanol–water partition coefficient (Wildman–Crippen LogP) is 2.90. The Labute approximate surface area is 114 Å². The second-order valence-corrected chi connectivity index (χ2v) is 5.12. The summed E-state index contributed by atoms with van der Waals surface area (Å²) in [6, 6.07) is 9.01. The van der Waals surface area contributed by atoms with Gasteiger partial charge in [0.2, 0.25) is 0 Å². The molecule has 0 saturated heterocycles. The van der Waals surface area contributed by atoms with Crippen molar-refractivity contribution in [2.45, 2.75) is 45.4 Å². The van der Waals surface area contributed by atoms with Crippen LogP contribution in [0.15, 0.2) is 24.3 Å². The van der Waals surface area contributed by atoms with Crippen molar-refractivity contribution >= 4 is 0 Å². The Balaban J connectivity index is 1.85. The van der Waals surface area contributed by atoms with Crippen LogP contribution in [0, 0.1) is 0 Å². The minimum Gasteiger partial charge on any atom is -0.233 e. The maximum Gasteiger partial charge on any atom is 0.150 e. The highest BCUT2D eigenvalue weighted by atomic mass is 15.5. The quantitative estimate of drug-likeness (QED) is 0.800. The Hall–Kier alpha value is -1.71. The molecule has 19 heavy (non-hydrogen) atoms. The SMILES string of the molecule is CCC(C)c1ccc(CCCc2nnnn2C)cc1. The van der Waals surface area contributed by atoms with Crippen LogP contribution in [0.1, 0.15) is 49.6 Å². The largest absolute Gasteiger partial charge is 0.233 e. The molecule has 1 heterocycles. The molecule has 0 saturated carbocycles. The third-order valence-corrected chi connectivity index (χ3v) is 3.73. The van der Waals surface area contributed by atoms with Gasteiger partial charge in [-0.25, -0.2) is 4.68 Å². The summed E-state index contributed by atoms with van der Waals surface area (Å²) in [6.07, 6.45) is 4.28. The van der Waals surface area contributed by atoms with E-state index in [2.05, 4.69) is 53.6 Å². The first-order valence-electron chi connectivity index (χ1n) is 7.00. The predicted molar refractivity (Wildman–Crippen MR) is 76.0 cm³/mol. The summed E-state index contributed by atoms with van der Waals surface area (Å²) in [4.78, 5) is 0. The fourth-order valence-corrected chi connectivity index (χ4v) is 2.16. The van der Waals surface area contributed by atoms with E-state index in [0.717, 1.165) is 25.1 Å². The Kier molecular flexibility index (Phi) is 4.66. The molecule has 1 atom stereocenters. The second kappa shape index (κ2) is 6.45. The van der Waals surface area contributed by atoms with Crippen molar-refractivity contribution in [1.29, 1.82) is 0 Å². The molecule has 2 rings (SSSR count). The molecule has 0 spiro atoms. The minimum absolute atomic E-state index is 0.652. The second-order valence-electron chi connectivity index (χ2n) is 5.12. The lowest BCUT2D eigenvalue weighted by atomic mass is 9.96. The van der Waals surface area contributed by atoms with E-state index < -0.39 is 0 Å². The molecule has 1 aromatic carbocycles. The molecule has 0 aliphatic heterocycles. The number of tetrazole rings is 1. The Morgan fingerprint density at radius 3 is 2.47 bits per heavy atom. The lowest BCUT2D eigenvalue weighted by Gasteiger charge is -2.09. The van der Waals surface area contributed by atoms with Gasteiger partial charge in [-0.3, -0.25) is 0 Å². The monoisotopic (exact) mass is 258 g/mol. The zero-order chi connectivity index (χ0) is 13.7. The number of hydrogen-bond acceptors (Lipinski definition) is 3. The lowest BCUT2D eigenvalue weighted by Crippen LogP contribution is -2.00. The molecule has 0 aliphatic rings.